The predicted molar refractivity (Wildman–Crippen MR) is 79.8 cm³/mol. The molecule has 0 atom stereocenters. The van der Waals surface area contributed by atoms with Crippen LogP contribution in [0.15, 0.2) is 48.5 Å². The lowest BCUT2D eigenvalue weighted by atomic mass is 10.0. The van der Waals surface area contributed by atoms with Gasteiger partial charge >= 0.3 is 6.18 Å². The lowest BCUT2D eigenvalue weighted by Crippen LogP contribution is -2.11. The van der Waals surface area contributed by atoms with Crippen molar-refractivity contribution in [1.29, 1.82) is 0 Å². The fourth-order valence-corrected chi connectivity index (χ4v) is 2.39. The first-order chi connectivity index (χ1) is 9.48. The van der Waals surface area contributed by atoms with Gasteiger partial charge in [-0.2, -0.15) is 13.2 Å². The van der Waals surface area contributed by atoms with Crippen LogP contribution in [0.5, 0.6) is 5.75 Å². The van der Waals surface area contributed by atoms with Gasteiger partial charge in [0.25, 0.3) is 0 Å². The average Bonchev–Trinajstić information content (AvgIpc) is 2.40. The Morgan fingerprint density at radius 2 is 1.60 bits per heavy atom. The first-order valence-electron chi connectivity index (χ1n) is 6.01. The fraction of sp³-hybridized carbons (Fsp3) is 0.200. The summed E-state index contributed by atoms with van der Waals surface area (Å²) in [5.74, 6) is 0.692. The van der Waals surface area contributed by atoms with Crippen molar-refractivity contribution >= 4 is 22.6 Å². The molecule has 20 heavy (non-hydrogen) atoms. The summed E-state index contributed by atoms with van der Waals surface area (Å²) in [4.78, 5) is 0. The smallest absolute Gasteiger partial charge is 0.416 e. The zero-order valence-corrected chi connectivity index (χ0v) is 12.6. The Bertz CT molecular complexity index is 581. The molecular formula is C15H12F3IO. The third-order valence-corrected chi connectivity index (χ3v) is 3.68. The summed E-state index contributed by atoms with van der Waals surface area (Å²) in [6.07, 6.45) is -4.10. The Morgan fingerprint density at radius 1 is 0.950 bits per heavy atom. The molecule has 0 unspecified atom stereocenters. The topological polar surface area (TPSA) is 9.23 Å². The second-order valence-electron chi connectivity index (χ2n) is 4.18. The summed E-state index contributed by atoms with van der Waals surface area (Å²) in [6, 6.07) is 13.0. The Kier molecular flexibility index (Phi) is 4.91. The van der Waals surface area contributed by atoms with Crippen molar-refractivity contribution in [3.05, 3.63) is 63.2 Å². The van der Waals surface area contributed by atoms with E-state index in [1.165, 1.54) is 12.1 Å². The Hall–Kier alpha value is -1.24. The molecule has 0 aliphatic rings. The van der Waals surface area contributed by atoms with Gasteiger partial charge in [-0.3, -0.25) is 0 Å². The maximum atomic E-state index is 12.8. The third kappa shape index (κ3) is 3.88. The van der Waals surface area contributed by atoms with E-state index in [-0.39, 0.29) is 18.6 Å². The van der Waals surface area contributed by atoms with Crippen molar-refractivity contribution in [1.82, 2.24) is 0 Å². The van der Waals surface area contributed by atoms with E-state index in [0.29, 0.717) is 5.75 Å². The molecule has 0 saturated heterocycles. The van der Waals surface area contributed by atoms with Crippen LogP contribution in [0.1, 0.15) is 11.1 Å². The number of alkyl halides is 3. The van der Waals surface area contributed by atoms with E-state index in [1.54, 1.807) is 12.1 Å². The number of hydrogen-bond acceptors (Lipinski definition) is 1. The van der Waals surface area contributed by atoms with Crippen molar-refractivity contribution in [2.45, 2.75) is 12.6 Å². The molecule has 0 aliphatic heterocycles. The molecule has 0 heterocycles. The van der Waals surface area contributed by atoms with Gasteiger partial charge in [0.05, 0.1) is 15.7 Å². The van der Waals surface area contributed by atoms with Crippen LogP contribution in [0.2, 0.25) is 0 Å². The minimum Gasteiger partial charge on any atom is -0.492 e. The lowest BCUT2D eigenvalue weighted by molar-refractivity contribution is -0.138. The van der Waals surface area contributed by atoms with Crippen LogP contribution in [0.25, 0.3) is 0 Å². The number of rotatable bonds is 4. The maximum Gasteiger partial charge on any atom is 0.416 e. The molecule has 0 amide bonds. The minimum absolute atomic E-state index is 0.215. The molecule has 0 bridgehead atoms. The van der Waals surface area contributed by atoms with Gasteiger partial charge in [-0.25, -0.2) is 0 Å². The zero-order valence-electron chi connectivity index (χ0n) is 10.5. The molecular weight excluding hydrogens is 380 g/mol. The molecule has 0 aliphatic carbocycles. The van der Waals surface area contributed by atoms with Gasteiger partial charge in [0.2, 0.25) is 0 Å². The highest BCUT2D eigenvalue weighted by molar-refractivity contribution is 14.1. The Morgan fingerprint density at radius 3 is 2.30 bits per heavy atom. The van der Waals surface area contributed by atoms with Crippen LogP contribution in [0.4, 0.5) is 13.2 Å². The van der Waals surface area contributed by atoms with Crippen LogP contribution in [0.3, 0.4) is 0 Å². The van der Waals surface area contributed by atoms with E-state index in [9.17, 15) is 13.2 Å². The maximum absolute atomic E-state index is 12.8. The Balaban J connectivity index is 2.04. The highest BCUT2D eigenvalue weighted by Crippen LogP contribution is 2.32. The summed E-state index contributed by atoms with van der Waals surface area (Å²) >= 11 is 2.13. The van der Waals surface area contributed by atoms with Crippen LogP contribution >= 0.6 is 22.6 Å². The zero-order chi connectivity index (χ0) is 14.6. The molecule has 2 rings (SSSR count). The molecule has 0 fully saturated rings. The van der Waals surface area contributed by atoms with Crippen molar-refractivity contribution in [3.63, 3.8) is 0 Å². The highest BCUT2D eigenvalue weighted by atomic mass is 127. The second-order valence-corrected chi connectivity index (χ2v) is 5.35. The molecule has 0 radical (unpaired) electrons. The lowest BCUT2D eigenvalue weighted by Gasteiger charge is -2.13. The first kappa shape index (κ1) is 15.2. The van der Waals surface area contributed by atoms with E-state index in [1.807, 2.05) is 18.2 Å². The van der Waals surface area contributed by atoms with Crippen LogP contribution < -0.4 is 4.74 Å². The SMILES string of the molecule is FC(F)(F)c1ccccc1CCOc1ccccc1I. The van der Waals surface area contributed by atoms with Gasteiger partial charge in [0, 0.05) is 6.42 Å². The predicted octanol–water partition coefficient (Wildman–Crippen LogP) is 4.93. The summed E-state index contributed by atoms with van der Waals surface area (Å²) < 4.78 is 44.9. The van der Waals surface area contributed by atoms with Gasteiger partial charge in [-0.1, -0.05) is 30.3 Å². The molecule has 2 aromatic carbocycles. The summed E-state index contributed by atoms with van der Waals surface area (Å²) in [5, 5.41) is 0. The van der Waals surface area contributed by atoms with E-state index in [0.717, 1.165) is 9.64 Å². The monoisotopic (exact) mass is 392 g/mol. The largest absolute Gasteiger partial charge is 0.492 e. The number of para-hydroxylation sites is 1. The number of benzene rings is 2. The number of hydrogen-bond donors (Lipinski definition) is 0. The van der Waals surface area contributed by atoms with Crippen molar-refractivity contribution < 1.29 is 17.9 Å². The van der Waals surface area contributed by atoms with Gasteiger partial charge in [-0.05, 0) is 46.4 Å². The highest BCUT2D eigenvalue weighted by Gasteiger charge is 2.32. The fourth-order valence-electron chi connectivity index (χ4n) is 1.85. The molecule has 0 spiro atoms. The van der Waals surface area contributed by atoms with Crippen molar-refractivity contribution in [2.75, 3.05) is 6.61 Å². The van der Waals surface area contributed by atoms with E-state index in [2.05, 4.69) is 22.6 Å². The van der Waals surface area contributed by atoms with Crippen molar-refractivity contribution in [2.24, 2.45) is 0 Å². The quantitative estimate of drug-likeness (QED) is 0.671. The number of halogens is 4. The molecule has 2 aromatic rings. The Labute approximate surface area is 128 Å². The van der Waals surface area contributed by atoms with Gasteiger partial charge in [-0.15, -0.1) is 0 Å². The van der Waals surface area contributed by atoms with Crippen LogP contribution in [0, 0.1) is 3.57 Å². The van der Waals surface area contributed by atoms with E-state index < -0.39 is 11.7 Å². The summed E-state index contributed by atoms with van der Waals surface area (Å²) in [5.41, 5.74) is -0.336. The van der Waals surface area contributed by atoms with Gasteiger partial charge in [0.1, 0.15) is 5.75 Å². The van der Waals surface area contributed by atoms with Gasteiger partial charge < -0.3 is 4.74 Å². The standard InChI is InChI=1S/C15H12F3IO/c16-15(17,18)12-6-2-1-5-11(12)9-10-20-14-8-4-3-7-13(14)19/h1-8H,9-10H2. The van der Waals surface area contributed by atoms with Crippen LogP contribution in [-0.2, 0) is 12.6 Å². The summed E-state index contributed by atoms with van der Waals surface area (Å²) in [6.45, 7) is 0.215. The second kappa shape index (κ2) is 6.47. The minimum atomic E-state index is -4.32. The number of ether oxygens (including phenoxy) is 1. The molecule has 0 N–H and O–H groups in total. The molecule has 5 heteroatoms. The summed E-state index contributed by atoms with van der Waals surface area (Å²) in [7, 11) is 0. The van der Waals surface area contributed by atoms with E-state index in [4.69, 9.17) is 4.74 Å². The molecule has 106 valence electrons. The normalized spacial score (nSPS) is 11.4. The third-order valence-electron chi connectivity index (χ3n) is 2.79. The average molecular weight is 392 g/mol. The van der Waals surface area contributed by atoms with Crippen LogP contribution in [-0.4, -0.2) is 6.61 Å². The molecule has 0 saturated carbocycles. The van der Waals surface area contributed by atoms with Gasteiger partial charge in [0.15, 0.2) is 0 Å². The molecule has 1 nitrogen and oxygen atoms in total. The molecule has 0 aromatic heterocycles. The first-order valence-corrected chi connectivity index (χ1v) is 7.09. The van der Waals surface area contributed by atoms with E-state index >= 15 is 0 Å². The van der Waals surface area contributed by atoms with Crippen molar-refractivity contribution in [3.8, 4) is 5.75 Å².